The van der Waals surface area contributed by atoms with E-state index in [1.807, 2.05) is 91.0 Å². The first kappa shape index (κ1) is 24.8. The molecule has 0 radical (unpaired) electrons. The van der Waals surface area contributed by atoms with E-state index >= 15 is 0 Å². The van der Waals surface area contributed by atoms with Gasteiger partial charge in [0.15, 0.2) is 0 Å². The minimum Gasteiger partial charge on any atom is -0.457 e. The van der Waals surface area contributed by atoms with Gasteiger partial charge in [-0.1, -0.05) is 54.6 Å². The number of benzene rings is 3. The molecule has 1 aromatic heterocycles. The van der Waals surface area contributed by atoms with Crippen LogP contribution in [0.2, 0.25) is 0 Å². The Bertz CT molecular complexity index is 1450. The lowest BCUT2D eigenvalue weighted by atomic mass is 10.00. The number of primary amides is 1. The average molecular weight is 506 g/mol. The quantitative estimate of drug-likeness (QED) is 0.329. The van der Waals surface area contributed by atoms with Crippen molar-refractivity contribution >= 4 is 17.6 Å². The number of nitrogens with zero attached hydrogens (tertiary/aromatic N) is 2. The summed E-state index contributed by atoms with van der Waals surface area (Å²) in [5.74, 6) is 0.861. The van der Waals surface area contributed by atoms with Crippen LogP contribution in [0, 0.1) is 0 Å². The lowest BCUT2D eigenvalue weighted by Crippen LogP contribution is -2.35. The molecule has 0 spiro atoms. The van der Waals surface area contributed by atoms with Crippen LogP contribution in [0.25, 0.3) is 16.8 Å². The Morgan fingerprint density at radius 1 is 0.842 bits per heavy atom. The van der Waals surface area contributed by atoms with Crippen molar-refractivity contribution < 1.29 is 19.1 Å². The summed E-state index contributed by atoms with van der Waals surface area (Å²) in [7, 11) is 0. The Balaban J connectivity index is 1.30. The predicted octanol–water partition coefficient (Wildman–Crippen LogP) is 6.07. The fourth-order valence-electron chi connectivity index (χ4n) is 4.24. The molecule has 0 saturated carbocycles. The summed E-state index contributed by atoms with van der Waals surface area (Å²) in [6.07, 6.45) is 2.24. The molecule has 5 rings (SSSR count). The van der Waals surface area contributed by atoms with E-state index in [4.69, 9.17) is 20.2 Å². The average Bonchev–Trinajstić information content (AvgIpc) is 2.97. The zero-order chi connectivity index (χ0) is 26.3. The van der Waals surface area contributed by atoms with Crippen molar-refractivity contribution in [2.45, 2.75) is 13.0 Å². The van der Waals surface area contributed by atoms with E-state index < -0.39 is 5.91 Å². The number of ether oxygens (including phenoxy) is 2. The third-order valence-electron chi connectivity index (χ3n) is 6.27. The maximum absolute atomic E-state index is 12.5. The van der Waals surface area contributed by atoms with Gasteiger partial charge in [0, 0.05) is 18.7 Å². The minimum absolute atomic E-state index is 0.238. The summed E-state index contributed by atoms with van der Waals surface area (Å²) in [4.78, 5) is 31.1. The van der Waals surface area contributed by atoms with Gasteiger partial charge in [0.25, 0.3) is 5.91 Å². The predicted molar refractivity (Wildman–Crippen MR) is 146 cm³/mol. The second-order valence-electron chi connectivity index (χ2n) is 8.86. The highest BCUT2D eigenvalue weighted by Crippen LogP contribution is 2.29. The monoisotopic (exact) mass is 505 g/mol. The molecule has 0 fully saturated rings. The number of nitrogens with two attached hydrogens (primary N) is 1. The van der Waals surface area contributed by atoms with Gasteiger partial charge in [0.2, 0.25) is 0 Å². The molecule has 38 heavy (non-hydrogen) atoms. The molecule has 190 valence electrons. The highest BCUT2D eigenvalue weighted by molar-refractivity contribution is 5.99. The van der Waals surface area contributed by atoms with Crippen molar-refractivity contribution in [3.63, 3.8) is 0 Å². The summed E-state index contributed by atoms with van der Waals surface area (Å²) in [5.41, 5.74) is 9.94. The van der Waals surface area contributed by atoms with Crippen LogP contribution in [-0.2, 0) is 11.3 Å². The zero-order valence-corrected chi connectivity index (χ0v) is 20.7. The van der Waals surface area contributed by atoms with E-state index in [0.717, 1.165) is 28.1 Å². The first-order valence-electron chi connectivity index (χ1n) is 12.4. The van der Waals surface area contributed by atoms with Crippen molar-refractivity contribution in [2.75, 3.05) is 13.1 Å². The molecule has 7 heteroatoms. The molecular weight excluding hydrogens is 478 g/mol. The molecule has 4 aromatic rings. The van der Waals surface area contributed by atoms with Crippen molar-refractivity contribution in [3.05, 3.63) is 120 Å². The van der Waals surface area contributed by atoms with Gasteiger partial charge < -0.3 is 20.1 Å². The smallest absolute Gasteiger partial charge is 0.410 e. The first-order valence-corrected chi connectivity index (χ1v) is 12.4. The van der Waals surface area contributed by atoms with Crippen LogP contribution in [0.1, 0.15) is 28.0 Å². The van der Waals surface area contributed by atoms with Gasteiger partial charge in [-0.15, -0.1) is 0 Å². The van der Waals surface area contributed by atoms with Crippen molar-refractivity contribution in [1.82, 2.24) is 9.88 Å². The summed E-state index contributed by atoms with van der Waals surface area (Å²) in [6, 6.07) is 30.0. The Morgan fingerprint density at radius 3 is 2.18 bits per heavy atom. The van der Waals surface area contributed by atoms with E-state index in [1.165, 1.54) is 0 Å². The lowest BCUT2D eigenvalue weighted by Gasteiger charge is -2.26. The van der Waals surface area contributed by atoms with Crippen molar-refractivity contribution in [3.8, 4) is 22.8 Å². The Hall–Kier alpha value is -4.91. The molecule has 0 aliphatic carbocycles. The molecule has 2 N–H and O–H groups in total. The van der Waals surface area contributed by atoms with Gasteiger partial charge in [-0.3, -0.25) is 4.79 Å². The summed E-state index contributed by atoms with van der Waals surface area (Å²) in [5, 5.41) is 0. The van der Waals surface area contributed by atoms with Crippen LogP contribution in [-0.4, -0.2) is 35.0 Å². The largest absolute Gasteiger partial charge is 0.457 e. The molecule has 1 aliphatic heterocycles. The van der Waals surface area contributed by atoms with E-state index in [2.05, 4.69) is 0 Å². The van der Waals surface area contributed by atoms with Gasteiger partial charge in [-0.05, 0) is 66.1 Å². The summed E-state index contributed by atoms with van der Waals surface area (Å²) in [6.45, 7) is 1.17. The number of pyridine rings is 1. The van der Waals surface area contributed by atoms with Gasteiger partial charge in [-0.2, -0.15) is 0 Å². The fourth-order valence-corrected chi connectivity index (χ4v) is 4.24. The van der Waals surface area contributed by atoms with Crippen molar-refractivity contribution in [2.24, 2.45) is 5.73 Å². The van der Waals surface area contributed by atoms with Crippen LogP contribution in [0.4, 0.5) is 4.79 Å². The molecule has 0 bridgehead atoms. The SMILES string of the molecule is NC(=O)c1ccc(C2=CCN(C(=O)OCc3ccccc3)CC2)nc1-c1ccc(Oc2ccccc2)cc1. The number of aromatic nitrogens is 1. The molecule has 1 aliphatic rings. The van der Waals surface area contributed by atoms with Gasteiger partial charge in [-0.25, -0.2) is 9.78 Å². The Labute approximate surface area is 221 Å². The van der Waals surface area contributed by atoms with Gasteiger partial charge in [0.1, 0.15) is 18.1 Å². The van der Waals surface area contributed by atoms with Crippen LogP contribution < -0.4 is 10.5 Å². The third kappa shape index (κ3) is 5.90. The Kier molecular flexibility index (Phi) is 7.45. The number of hydrogen-bond donors (Lipinski definition) is 1. The van der Waals surface area contributed by atoms with Crippen molar-refractivity contribution in [1.29, 1.82) is 0 Å². The molecular formula is C31H27N3O4. The normalized spacial score (nSPS) is 12.9. The van der Waals surface area contributed by atoms with E-state index in [9.17, 15) is 9.59 Å². The highest BCUT2D eigenvalue weighted by atomic mass is 16.6. The van der Waals surface area contributed by atoms with Crippen LogP contribution >= 0.6 is 0 Å². The number of rotatable bonds is 7. The molecule has 7 nitrogen and oxygen atoms in total. The fraction of sp³-hybridized carbons (Fsp3) is 0.129. The summed E-state index contributed by atoms with van der Waals surface area (Å²) < 4.78 is 11.3. The first-order chi connectivity index (χ1) is 18.6. The van der Waals surface area contributed by atoms with Crippen LogP contribution in [0.5, 0.6) is 11.5 Å². The highest BCUT2D eigenvalue weighted by Gasteiger charge is 2.21. The van der Waals surface area contributed by atoms with Crippen LogP contribution in [0.3, 0.4) is 0 Å². The number of carbonyl (C=O) groups is 2. The molecule has 0 unspecified atom stereocenters. The topological polar surface area (TPSA) is 94.8 Å². The maximum Gasteiger partial charge on any atom is 0.410 e. The van der Waals surface area contributed by atoms with Gasteiger partial charge >= 0.3 is 6.09 Å². The van der Waals surface area contributed by atoms with Gasteiger partial charge in [0.05, 0.1) is 17.0 Å². The standard InChI is InChI=1S/C31H27N3O4/c32-30(35)27-15-16-28(23-17-19-34(20-18-23)31(36)37-21-22-7-3-1-4-8-22)33-29(27)24-11-13-26(14-12-24)38-25-9-5-2-6-10-25/h1-17H,18-21H2,(H2,32,35). The number of carbonyl (C=O) groups excluding carboxylic acids is 2. The molecule has 3 aromatic carbocycles. The number of amides is 2. The van der Waals surface area contributed by atoms with Crippen LogP contribution in [0.15, 0.2) is 103 Å². The third-order valence-corrected chi connectivity index (χ3v) is 6.27. The molecule has 0 saturated heterocycles. The van der Waals surface area contributed by atoms with E-state index in [1.54, 1.807) is 17.0 Å². The van der Waals surface area contributed by atoms with E-state index in [0.29, 0.717) is 36.5 Å². The minimum atomic E-state index is -0.548. The number of para-hydroxylation sites is 1. The second kappa shape index (κ2) is 11.4. The number of hydrogen-bond acceptors (Lipinski definition) is 5. The molecule has 2 amide bonds. The Morgan fingerprint density at radius 2 is 1.53 bits per heavy atom. The molecule has 0 atom stereocenters. The lowest BCUT2D eigenvalue weighted by molar-refractivity contribution is 0.0991. The summed E-state index contributed by atoms with van der Waals surface area (Å²) >= 11 is 0. The zero-order valence-electron chi connectivity index (χ0n) is 20.7. The maximum atomic E-state index is 12.5. The van der Waals surface area contributed by atoms with E-state index in [-0.39, 0.29) is 12.7 Å². The molecule has 2 heterocycles. The second-order valence-corrected chi connectivity index (χ2v) is 8.86.